The van der Waals surface area contributed by atoms with E-state index < -0.39 is 17.5 Å². The molecule has 0 fully saturated rings. The third kappa shape index (κ3) is 1.15. The van der Waals surface area contributed by atoms with Gasteiger partial charge in [-0.2, -0.15) is 13.9 Å². The summed E-state index contributed by atoms with van der Waals surface area (Å²) in [5, 5.41) is 3.49. The molecule has 1 amide bonds. The highest BCUT2D eigenvalue weighted by atomic mass is 19.3. The van der Waals surface area contributed by atoms with Crippen molar-refractivity contribution in [1.29, 1.82) is 0 Å². The van der Waals surface area contributed by atoms with Crippen molar-refractivity contribution < 1.29 is 13.6 Å². The van der Waals surface area contributed by atoms with Crippen LogP contribution in [0.25, 0.3) is 0 Å². The van der Waals surface area contributed by atoms with Crippen LogP contribution in [0.3, 0.4) is 0 Å². The fourth-order valence-corrected chi connectivity index (χ4v) is 0.808. The number of alkyl halides is 2. The van der Waals surface area contributed by atoms with Crippen molar-refractivity contribution in [3.05, 3.63) is 18.0 Å². The van der Waals surface area contributed by atoms with E-state index in [0.717, 1.165) is 10.7 Å². The predicted molar refractivity (Wildman–Crippen MR) is 36.3 cm³/mol. The lowest BCUT2D eigenvalue weighted by Gasteiger charge is -2.11. The molecule has 12 heavy (non-hydrogen) atoms. The Morgan fingerprint density at radius 1 is 1.75 bits per heavy atom. The first-order chi connectivity index (χ1) is 5.46. The number of halogens is 2. The molecule has 0 aliphatic heterocycles. The van der Waals surface area contributed by atoms with Crippen LogP contribution in [0.5, 0.6) is 0 Å². The Balaban J connectivity index is 3.13. The third-order valence-corrected chi connectivity index (χ3v) is 1.45. The van der Waals surface area contributed by atoms with Gasteiger partial charge < -0.3 is 5.73 Å². The molecule has 1 rings (SSSR count). The van der Waals surface area contributed by atoms with Crippen LogP contribution in [0, 0.1) is 0 Å². The molecule has 0 unspecified atom stereocenters. The number of rotatable bonds is 2. The first kappa shape index (κ1) is 8.63. The monoisotopic (exact) mass is 175 g/mol. The maximum Gasteiger partial charge on any atom is 0.365 e. The van der Waals surface area contributed by atoms with Gasteiger partial charge in [-0.1, -0.05) is 0 Å². The summed E-state index contributed by atoms with van der Waals surface area (Å²) in [5.41, 5.74) is 4.00. The van der Waals surface area contributed by atoms with Gasteiger partial charge in [0.25, 0.3) is 5.91 Å². The fraction of sp³-hybridized carbons (Fsp3) is 0.333. The minimum absolute atomic E-state index is 0.505. The number of carbonyl (C=O) groups excluding carboxylic acids is 1. The van der Waals surface area contributed by atoms with E-state index in [1.165, 1.54) is 13.2 Å². The molecule has 1 heterocycles. The second-order valence-corrected chi connectivity index (χ2v) is 2.28. The summed E-state index contributed by atoms with van der Waals surface area (Å²) in [6.07, 6.45) is 1.17. The molecule has 0 radical (unpaired) electrons. The van der Waals surface area contributed by atoms with E-state index in [4.69, 9.17) is 0 Å². The number of hydrogen-bond acceptors (Lipinski definition) is 2. The Bertz CT molecular complexity index is 307. The number of aromatic nitrogens is 2. The van der Waals surface area contributed by atoms with Crippen LogP contribution in [-0.4, -0.2) is 15.7 Å². The first-order valence-corrected chi connectivity index (χ1v) is 3.12. The van der Waals surface area contributed by atoms with Crippen LogP contribution in [0.4, 0.5) is 8.78 Å². The lowest BCUT2D eigenvalue weighted by Crippen LogP contribution is -2.34. The van der Waals surface area contributed by atoms with E-state index in [-0.39, 0.29) is 0 Å². The van der Waals surface area contributed by atoms with Crippen LogP contribution in [-0.2, 0) is 17.8 Å². The average Bonchev–Trinajstić information content (AvgIpc) is 2.35. The molecule has 1 aromatic heterocycles. The Hall–Kier alpha value is -1.46. The molecule has 6 heteroatoms. The minimum Gasteiger partial charge on any atom is -0.364 e. The molecule has 2 N–H and O–H groups in total. The zero-order valence-electron chi connectivity index (χ0n) is 6.29. The zero-order valence-corrected chi connectivity index (χ0v) is 6.29. The van der Waals surface area contributed by atoms with Crippen LogP contribution in [0.15, 0.2) is 12.3 Å². The van der Waals surface area contributed by atoms with Gasteiger partial charge in [0.15, 0.2) is 0 Å². The zero-order chi connectivity index (χ0) is 9.35. The lowest BCUT2D eigenvalue weighted by molar-refractivity contribution is -0.144. The molecular weight excluding hydrogens is 168 g/mol. The summed E-state index contributed by atoms with van der Waals surface area (Å²) in [7, 11) is 1.31. The van der Waals surface area contributed by atoms with Gasteiger partial charge in [-0.25, -0.2) is 0 Å². The van der Waals surface area contributed by atoms with E-state index in [1.807, 2.05) is 0 Å². The second-order valence-electron chi connectivity index (χ2n) is 2.28. The highest BCUT2D eigenvalue weighted by Crippen LogP contribution is 2.26. The summed E-state index contributed by atoms with van der Waals surface area (Å²) in [4.78, 5) is 10.3. The number of carbonyl (C=O) groups is 1. The van der Waals surface area contributed by atoms with Crippen LogP contribution in [0.2, 0.25) is 0 Å². The van der Waals surface area contributed by atoms with E-state index in [9.17, 15) is 13.6 Å². The highest BCUT2D eigenvalue weighted by Gasteiger charge is 2.41. The Labute approximate surface area is 67.0 Å². The molecular formula is C6H7F2N3O. The maximum absolute atomic E-state index is 12.8. The van der Waals surface area contributed by atoms with Crippen LogP contribution in [0.1, 0.15) is 5.69 Å². The van der Waals surface area contributed by atoms with E-state index >= 15 is 0 Å². The van der Waals surface area contributed by atoms with Crippen molar-refractivity contribution >= 4 is 5.91 Å². The molecule has 0 spiro atoms. The molecule has 4 nitrogen and oxygen atoms in total. The van der Waals surface area contributed by atoms with Gasteiger partial charge >= 0.3 is 5.92 Å². The molecule has 0 atom stereocenters. The normalized spacial score (nSPS) is 11.6. The number of amides is 1. The number of primary amides is 1. The maximum atomic E-state index is 12.8. The van der Waals surface area contributed by atoms with Crippen molar-refractivity contribution in [3.63, 3.8) is 0 Å². The van der Waals surface area contributed by atoms with Gasteiger partial charge in [-0.05, 0) is 6.07 Å². The van der Waals surface area contributed by atoms with E-state index in [0.29, 0.717) is 0 Å². The van der Waals surface area contributed by atoms with Gasteiger partial charge in [0.2, 0.25) is 0 Å². The summed E-state index contributed by atoms with van der Waals surface area (Å²) < 4.78 is 26.6. The number of hydrogen-bond donors (Lipinski definition) is 1. The molecule has 66 valence electrons. The van der Waals surface area contributed by atoms with Crippen molar-refractivity contribution in [1.82, 2.24) is 9.78 Å². The molecule has 0 saturated heterocycles. The van der Waals surface area contributed by atoms with Crippen molar-refractivity contribution in [2.45, 2.75) is 5.92 Å². The Morgan fingerprint density at radius 3 is 2.67 bits per heavy atom. The third-order valence-electron chi connectivity index (χ3n) is 1.45. The Morgan fingerprint density at radius 2 is 2.33 bits per heavy atom. The number of nitrogens with two attached hydrogens (primary N) is 1. The van der Waals surface area contributed by atoms with Gasteiger partial charge in [0, 0.05) is 13.2 Å². The molecule has 1 aromatic rings. The lowest BCUT2D eigenvalue weighted by atomic mass is 10.2. The molecule has 0 bridgehead atoms. The average molecular weight is 175 g/mol. The van der Waals surface area contributed by atoms with Gasteiger partial charge in [0.05, 0.1) is 0 Å². The first-order valence-electron chi connectivity index (χ1n) is 3.12. The summed E-state index contributed by atoms with van der Waals surface area (Å²) >= 11 is 0. The molecule has 0 aliphatic carbocycles. The topological polar surface area (TPSA) is 60.9 Å². The summed E-state index contributed by atoms with van der Waals surface area (Å²) in [5.74, 6) is -5.32. The SMILES string of the molecule is Cn1nccc1C(F)(F)C(N)=O. The van der Waals surface area contributed by atoms with Crippen LogP contribution < -0.4 is 5.73 Å². The van der Waals surface area contributed by atoms with Gasteiger partial charge in [-0.3, -0.25) is 9.48 Å². The van der Waals surface area contributed by atoms with Crippen LogP contribution >= 0.6 is 0 Å². The standard InChI is InChI=1S/C6H7F2N3O/c1-11-4(2-3-10-11)6(7,8)5(9)12/h2-3H,1H3,(H2,9,12). The summed E-state index contributed by atoms with van der Waals surface area (Å²) in [6, 6.07) is 1.05. The molecule has 0 aromatic carbocycles. The largest absolute Gasteiger partial charge is 0.365 e. The molecule has 0 saturated carbocycles. The smallest absolute Gasteiger partial charge is 0.364 e. The second kappa shape index (κ2) is 2.54. The highest BCUT2D eigenvalue weighted by molar-refractivity contribution is 5.82. The minimum atomic E-state index is -3.65. The molecule has 0 aliphatic rings. The van der Waals surface area contributed by atoms with Crippen molar-refractivity contribution in [2.24, 2.45) is 12.8 Å². The van der Waals surface area contributed by atoms with E-state index in [1.54, 1.807) is 0 Å². The van der Waals surface area contributed by atoms with Gasteiger partial charge in [0.1, 0.15) is 5.69 Å². The van der Waals surface area contributed by atoms with Crippen molar-refractivity contribution in [2.75, 3.05) is 0 Å². The Kier molecular flexibility index (Phi) is 1.83. The quantitative estimate of drug-likeness (QED) is 0.687. The van der Waals surface area contributed by atoms with Crippen molar-refractivity contribution in [3.8, 4) is 0 Å². The summed E-state index contributed by atoms with van der Waals surface area (Å²) in [6.45, 7) is 0. The fourth-order valence-electron chi connectivity index (χ4n) is 0.808. The predicted octanol–water partition coefficient (Wildman–Crippen LogP) is -0.00280. The van der Waals surface area contributed by atoms with Gasteiger partial charge in [-0.15, -0.1) is 0 Å². The number of aryl methyl sites for hydroxylation is 1. The number of nitrogens with zero attached hydrogens (tertiary/aromatic N) is 2. The van der Waals surface area contributed by atoms with E-state index in [2.05, 4.69) is 10.8 Å².